The minimum atomic E-state index is -0.626. The SMILES string of the molecule is CN1CCCN(c2ncc3ncnc(Nc4cc(C(=O)NC(=N)/C=C(\O)C(C)(C)C)ccc4F)c3n2)CC1. The topological polar surface area (TPSA) is 143 Å². The van der Waals surface area contributed by atoms with E-state index < -0.39 is 17.1 Å². The molecule has 0 bridgehead atoms. The monoisotopic (exact) mass is 521 g/mol. The van der Waals surface area contributed by atoms with E-state index in [9.17, 15) is 14.3 Å². The molecule has 4 N–H and O–H groups in total. The lowest BCUT2D eigenvalue weighted by Crippen LogP contribution is -2.30. The number of hydrogen-bond acceptors (Lipinski definition) is 10. The number of benzene rings is 1. The van der Waals surface area contributed by atoms with E-state index in [1.54, 1.807) is 27.0 Å². The molecule has 1 aromatic carbocycles. The van der Waals surface area contributed by atoms with E-state index in [1.165, 1.54) is 24.5 Å². The van der Waals surface area contributed by atoms with Crippen LogP contribution in [0.15, 0.2) is 42.6 Å². The molecule has 3 aromatic rings. The lowest BCUT2D eigenvalue weighted by molar-refractivity contribution is 0.0977. The van der Waals surface area contributed by atoms with Gasteiger partial charge in [0.1, 0.15) is 34.8 Å². The molecule has 0 saturated carbocycles. The molecule has 1 saturated heterocycles. The zero-order valence-corrected chi connectivity index (χ0v) is 21.9. The van der Waals surface area contributed by atoms with Crippen LogP contribution in [-0.4, -0.2) is 74.9 Å². The molecule has 1 amide bonds. The van der Waals surface area contributed by atoms with Gasteiger partial charge in [0.05, 0.1) is 11.9 Å². The van der Waals surface area contributed by atoms with Gasteiger partial charge in [-0.25, -0.2) is 24.3 Å². The molecule has 0 aliphatic carbocycles. The molecule has 38 heavy (non-hydrogen) atoms. The van der Waals surface area contributed by atoms with Crippen LogP contribution in [0.5, 0.6) is 0 Å². The number of aromatic nitrogens is 4. The number of aliphatic hydroxyl groups excluding tert-OH is 1. The molecule has 0 spiro atoms. The third-order valence-corrected chi connectivity index (χ3v) is 6.15. The molecule has 0 unspecified atom stereocenters. The van der Waals surface area contributed by atoms with Crippen LogP contribution in [0.25, 0.3) is 11.0 Å². The number of carbonyl (C=O) groups excluding carboxylic acids is 1. The van der Waals surface area contributed by atoms with Crippen LogP contribution in [0.3, 0.4) is 0 Å². The van der Waals surface area contributed by atoms with Crippen molar-refractivity contribution in [3.8, 4) is 0 Å². The third kappa shape index (κ3) is 6.38. The maximum Gasteiger partial charge on any atom is 0.256 e. The van der Waals surface area contributed by atoms with E-state index in [4.69, 9.17) is 5.41 Å². The summed E-state index contributed by atoms with van der Waals surface area (Å²) in [4.78, 5) is 34.7. The van der Waals surface area contributed by atoms with Crippen LogP contribution in [0, 0.1) is 16.6 Å². The van der Waals surface area contributed by atoms with Crippen molar-refractivity contribution < 1.29 is 14.3 Å². The van der Waals surface area contributed by atoms with Crippen LogP contribution in [0.2, 0.25) is 0 Å². The van der Waals surface area contributed by atoms with Crippen LogP contribution in [-0.2, 0) is 0 Å². The largest absolute Gasteiger partial charge is 0.512 e. The Morgan fingerprint density at radius 1 is 1.16 bits per heavy atom. The van der Waals surface area contributed by atoms with Crippen molar-refractivity contribution in [1.82, 2.24) is 30.2 Å². The summed E-state index contributed by atoms with van der Waals surface area (Å²) in [6, 6.07) is 3.79. The van der Waals surface area contributed by atoms with Gasteiger partial charge in [0.15, 0.2) is 5.82 Å². The van der Waals surface area contributed by atoms with Crippen LogP contribution < -0.4 is 15.5 Å². The molecular weight excluding hydrogens is 489 g/mol. The predicted octanol–water partition coefficient (Wildman–Crippen LogP) is 3.64. The summed E-state index contributed by atoms with van der Waals surface area (Å²) >= 11 is 0. The van der Waals surface area contributed by atoms with Crippen LogP contribution in [0.1, 0.15) is 37.6 Å². The van der Waals surface area contributed by atoms with E-state index in [0.717, 1.165) is 38.7 Å². The highest BCUT2D eigenvalue weighted by atomic mass is 19.1. The molecule has 200 valence electrons. The van der Waals surface area contributed by atoms with Crippen LogP contribution in [0.4, 0.5) is 21.8 Å². The highest BCUT2D eigenvalue weighted by Crippen LogP contribution is 2.26. The number of anilines is 3. The third-order valence-electron chi connectivity index (χ3n) is 6.15. The van der Waals surface area contributed by atoms with Crippen molar-refractivity contribution in [3.63, 3.8) is 0 Å². The Morgan fingerprint density at radius 3 is 2.71 bits per heavy atom. The van der Waals surface area contributed by atoms with Gasteiger partial charge in [0, 0.05) is 36.7 Å². The van der Waals surface area contributed by atoms with Crippen molar-refractivity contribution in [2.45, 2.75) is 27.2 Å². The van der Waals surface area contributed by atoms with Gasteiger partial charge >= 0.3 is 0 Å². The Labute approximate surface area is 220 Å². The van der Waals surface area contributed by atoms with Gasteiger partial charge in [-0.2, -0.15) is 0 Å². The normalized spacial score (nSPS) is 15.3. The summed E-state index contributed by atoms with van der Waals surface area (Å²) in [7, 11) is 2.08. The number of amidine groups is 1. The molecule has 1 aliphatic rings. The summed E-state index contributed by atoms with van der Waals surface area (Å²) in [6.45, 7) is 8.82. The van der Waals surface area contributed by atoms with Gasteiger partial charge in [0.25, 0.3) is 5.91 Å². The van der Waals surface area contributed by atoms with Crippen molar-refractivity contribution in [2.24, 2.45) is 5.41 Å². The summed E-state index contributed by atoms with van der Waals surface area (Å²) in [5.74, 6) is -0.740. The average molecular weight is 522 g/mol. The van der Waals surface area contributed by atoms with E-state index in [1.807, 2.05) is 0 Å². The number of rotatable bonds is 5. The first-order chi connectivity index (χ1) is 18.0. The Balaban J connectivity index is 1.58. The second-order valence-electron chi connectivity index (χ2n) is 10.2. The fourth-order valence-electron chi connectivity index (χ4n) is 3.81. The number of likely N-dealkylation sites (N-methyl/N-ethyl adjacent to an activating group) is 1. The molecule has 1 fully saturated rings. The molecule has 1 aliphatic heterocycles. The van der Waals surface area contributed by atoms with Gasteiger partial charge in [0.2, 0.25) is 5.95 Å². The Morgan fingerprint density at radius 2 is 1.95 bits per heavy atom. The van der Waals surface area contributed by atoms with Gasteiger partial charge in [-0.1, -0.05) is 20.8 Å². The number of halogens is 1. The summed E-state index contributed by atoms with van der Waals surface area (Å²) in [6.07, 6.45) is 5.11. The van der Waals surface area contributed by atoms with Gasteiger partial charge in [-0.15, -0.1) is 0 Å². The summed E-state index contributed by atoms with van der Waals surface area (Å²) in [5, 5.41) is 23.4. The van der Waals surface area contributed by atoms with E-state index >= 15 is 0 Å². The van der Waals surface area contributed by atoms with Crippen molar-refractivity contribution in [3.05, 3.63) is 53.9 Å². The van der Waals surface area contributed by atoms with Crippen LogP contribution >= 0.6 is 0 Å². The molecule has 2 aromatic heterocycles. The minimum absolute atomic E-state index is 0.00817. The van der Waals surface area contributed by atoms with Crippen molar-refractivity contribution in [2.75, 3.05) is 43.4 Å². The number of nitrogens with one attached hydrogen (secondary N) is 3. The smallest absolute Gasteiger partial charge is 0.256 e. The molecule has 11 nitrogen and oxygen atoms in total. The highest BCUT2D eigenvalue weighted by Gasteiger charge is 2.19. The van der Waals surface area contributed by atoms with Crippen molar-refractivity contribution in [1.29, 1.82) is 5.41 Å². The lowest BCUT2D eigenvalue weighted by atomic mass is 9.93. The number of fused-ring (bicyclic) bond motifs is 1. The number of nitrogens with zero attached hydrogens (tertiary/aromatic N) is 6. The zero-order valence-electron chi connectivity index (χ0n) is 21.9. The Hall–Kier alpha value is -4.19. The number of amides is 1. The van der Waals surface area contributed by atoms with E-state index in [0.29, 0.717) is 17.0 Å². The lowest BCUT2D eigenvalue weighted by Gasteiger charge is -2.20. The Kier molecular flexibility index (Phi) is 7.81. The average Bonchev–Trinajstić information content (AvgIpc) is 3.09. The first kappa shape index (κ1) is 26.9. The Bertz CT molecular complexity index is 1390. The van der Waals surface area contributed by atoms with Gasteiger partial charge in [-0.05, 0) is 38.2 Å². The number of hydrogen-bond donors (Lipinski definition) is 4. The maximum atomic E-state index is 14.8. The second-order valence-corrected chi connectivity index (χ2v) is 10.2. The number of carbonyl (C=O) groups is 1. The first-order valence-corrected chi connectivity index (χ1v) is 12.3. The quantitative estimate of drug-likeness (QED) is 0.225. The second kappa shape index (κ2) is 11.1. The molecule has 4 rings (SSSR count). The summed E-state index contributed by atoms with van der Waals surface area (Å²) < 4.78 is 14.8. The molecule has 0 radical (unpaired) electrons. The first-order valence-electron chi connectivity index (χ1n) is 12.3. The number of aliphatic hydroxyl groups is 1. The van der Waals surface area contributed by atoms with Gasteiger partial charge < -0.3 is 25.5 Å². The molecule has 3 heterocycles. The standard InChI is InChI=1S/C26H32FN9O2/c1-26(2,3)20(37)13-21(28)33-24(38)16-6-7-17(27)18(12-16)32-23-22-19(30-15-31-23)14-29-25(34-22)36-9-5-8-35(4)10-11-36/h6-7,12-15,37H,5,8-11H2,1-4H3,(H2,28,33,38)(H,30,31,32)/b20-13-. The van der Waals surface area contributed by atoms with E-state index in [2.05, 4.69) is 47.4 Å². The zero-order chi connectivity index (χ0) is 27.4. The highest BCUT2D eigenvalue weighted by molar-refractivity contribution is 6.09. The molecular formula is C26H32FN9O2. The van der Waals surface area contributed by atoms with E-state index in [-0.39, 0.29) is 28.7 Å². The van der Waals surface area contributed by atoms with Crippen molar-refractivity contribution >= 4 is 40.2 Å². The molecule has 0 atom stereocenters. The fourth-order valence-corrected chi connectivity index (χ4v) is 3.81. The summed E-state index contributed by atoms with van der Waals surface area (Å²) in [5.41, 5.74) is 0.468. The number of allylic oxidation sites excluding steroid dienone is 1. The predicted molar refractivity (Wildman–Crippen MR) is 144 cm³/mol. The van der Waals surface area contributed by atoms with Gasteiger partial charge in [-0.3, -0.25) is 10.2 Å². The maximum absolute atomic E-state index is 14.8. The molecule has 12 heteroatoms. The fraction of sp³-hybridized carbons (Fsp3) is 0.385. The minimum Gasteiger partial charge on any atom is -0.512 e.